The standard InChI is InChI=1S/C17H11N3O2/c1-10-15(19-14-9-5-4-8-13(14)18-10)20-16(21)11-6-2-3-7-12(11)17(20)22/h2-9H,1H3. The van der Waals surface area contributed by atoms with Crippen molar-refractivity contribution >= 4 is 28.7 Å². The molecule has 0 N–H and O–H groups in total. The van der Waals surface area contributed by atoms with Crippen molar-refractivity contribution in [3.8, 4) is 0 Å². The number of carbonyl (C=O) groups is 2. The lowest BCUT2D eigenvalue weighted by Gasteiger charge is -2.15. The molecule has 0 fully saturated rings. The van der Waals surface area contributed by atoms with E-state index < -0.39 is 0 Å². The Bertz CT molecular complexity index is 915. The van der Waals surface area contributed by atoms with E-state index in [2.05, 4.69) is 9.97 Å². The van der Waals surface area contributed by atoms with Crippen LogP contribution in [0.3, 0.4) is 0 Å². The number of hydrogen-bond acceptors (Lipinski definition) is 4. The van der Waals surface area contributed by atoms with E-state index in [-0.39, 0.29) is 11.8 Å². The molecule has 0 spiro atoms. The van der Waals surface area contributed by atoms with E-state index in [1.165, 1.54) is 0 Å². The van der Waals surface area contributed by atoms with Crippen LogP contribution in [0.15, 0.2) is 48.5 Å². The zero-order valence-corrected chi connectivity index (χ0v) is 11.8. The summed E-state index contributed by atoms with van der Waals surface area (Å²) in [5.41, 5.74) is 2.75. The van der Waals surface area contributed by atoms with Gasteiger partial charge in [0.05, 0.1) is 27.9 Å². The summed E-state index contributed by atoms with van der Waals surface area (Å²) < 4.78 is 0. The monoisotopic (exact) mass is 289 g/mol. The molecular formula is C17H11N3O2. The van der Waals surface area contributed by atoms with Crippen LogP contribution < -0.4 is 4.90 Å². The van der Waals surface area contributed by atoms with E-state index in [0.717, 1.165) is 10.4 Å². The van der Waals surface area contributed by atoms with Gasteiger partial charge in [-0.3, -0.25) is 9.59 Å². The van der Waals surface area contributed by atoms with Gasteiger partial charge in [0, 0.05) is 0 Å². The molecule has 2 amide bonds. The van der Waals surface area contributed by atoms with Gasteiger partial charge in [-0.15, -0.1) is 0 Å². The minimum Gasteiger partial charge on any atom is -0.268 e. The molecule has 0 aliphatic carbocycles. The summed E-state index contributed by atoms with van der Waals surface area (Å²) >= 11 is 0. The molecule has 0 radical (unpaired) electrons. The quantitative estimate of drug-likeness (QED) is 0.646. The van der Waals surface area contributed by atoms with Crippen LogP contribution in [0.25, 0.3) is 11.0 Å². The van der Waals surface area contributed by atoms with Crippen molar-refractivity contribution in [3.05, 3.63) is 65.4 Å². The van der Waals surface area contributed by atoms with Crippen molar-refractivity contribution in [2.45, 2.75) is 6.92 Å². The number of carbonyl (C=O) groups excluding carboxylic acids is 2. The molecular weight excluding hydrogens is 278 g/mol. The van der Waals surface area contributed by atoms with E-state index in [1.54, 1.807) is 31.2 Å². The number of aryl methyl sites for hydroxylation is 1. The van der Waals surface area contributed by atoms with E-state index in [1.807, 2.05) is 24.3 Å². The fourth-order valence-corrected chi connectivity index (χ4v) is 2.67. The summed E-state index contributed by atoms with van der Waals surface area (Å²) in [5.74, 6) is -0.411. The second-order valence-electron chi connectivity index (χ2n) is 5.11. The van der Waals surface area contributed by atoms with Crippen molar-refractivity contribution in [3.63, 3.8) is 0 Å². The van der Waals surface area contributed by atoms with Crippen molar-refractivity contribution in [1.82, 2.24) is 9.97 Å². The van der Waals surface area contributed by atoms with Crippen LogP contribution in [0.2, 0.25) is 0 Å². The Kier molecular flexibility index (Phi) is 2.56. The van der Waals surface area contributed by atoms with Gasteiger partial charge < -0.3 is 0 Å². The molecule has 3 aromatic rings. The average molecular weight is 289 g/mol. The van der Waals surface area contributed by atoms with Gasteiger partial charge in [-0.2, -0.15) is 0 Å². The molecule has 1 aliphatic rings. The van der Waals surface area contributed by atoms with E-state index in [9.17, 15) is 9.59 Å². The molecule has 0 bridgehead atoms. The number of nitrogens with zero attached hydrogens (tertiary/aromatic N) is 3. The van der Waals surface area contributed by atoms with Crippen LogP contribution in [-0.2, 0) is 0 Å². The lowest BCUT2D eigenvalue weighted by atomic mass is 10.1. The SMILES string of the molecule is Cc1nc2ccccc2nc1N1C(=O)c2ccccc2C1=O. The Hall–Kier alpha value is -3.08. The molecule has 5 heteroatoms. The molecule has 5 nitrogen and oxygen atoms in total. The minimum atomic E-state index is -0.353. The topological polar surface area (TPSA) is 63.2 Å². The van der Waals surface area contributed by atoms with Crippen LogP contribution in [0.4, 0.5) is 5.82 Å². The first-order valence-corrected chi connectivity index (χ1v) is 6.88. The van der Waals surface area contributed by atoms with Crippen molar-refractivity contribution in [1.29, 1.82) is 0 Å². The van der Waals surface area contributed by atoms with Gasteiger partial charge in [0.25, 0.3) is 11.8 Å². The van der Waals surface area contributed by atoms with Gasteiger partial charge in [0.1, 0.15) is 0 Å². The normalized spacial score (nSPS) is 13.8. The summed E-state index contributed by atoms with van der Waals surface area (Å²) in [6.07, 6.45) is 0. The smallest absolute Gasteiger partial charge is 0.267 e. The maximum atomic E-state index is 12.5. The number of rotatable bonds is 1. The zero-order chi connectivity index (χ0) is 15.3. The number of imide groups is 1. The highest BCUT2D eigenvalue weighted by molar-refractivity contribution is 6.34. The lowest BCUT2D eigenvalue weighted by molar-refractivity contribution is 0.0924. The largest absolute Gasteiger partial charge is 0.268 e. The molecule has 0 atom stereocenters. The van der Waals surface area contributed by atoms with Gasteiger partial charge in [-0.25, -0.2) is 14.9 Å². The van der Waals surface area contributed by atoms with Crippen molar-refractivity contribution < 1.29 is 9.59 Å². The lowest BCUT2D eigenvalue weighted by Crippen LogP contribution is -2.31. The maximum Gasteiger partial charge on any atom is 0.267 e. The summed E-state index contributed by atoms with van der Waals surface area (Å²) in [6.45, 7) is 1.75. The average Bonchev–Trinajstić information content (AvgIpc) is 2.79. The first-order chi connectivity index (χ1) is 10.7. The van der Waals surface area contributed by atoms with Crippen LogP contribution in [0.1, 0.15) is 26.4 Å². The molecule has 1 aromatic heterocycles. The van der Waals surface area contributed by atoms with E-state index in [0.29, 0.717) is 28.2 Å². The summed E-state index contributed by atoms with van der Waals surface area (Å²) in [4.78, 5) is 35.1. The molecule has 106 valence electrons. The molecule has 0 unspecified atom stereocenters. The second-order valence-corrected chi connectivity index (χ2v) is 5.11. The third kappa shape index (κ3) is 1.65. The molecule has 2 aromatic carbocycles. The molecule has 0 saturated carbocycles. The van der Waals surface area contributed by atoms with E-state index >= 15 is 0 Å². The zero-order valence-electron chi connectivity index (χ0n) is 11.8. The number of aromatic nitrogens is 2. The van der Waals surface area contributed by atoms with Crippen LogP contribution >= 0.6 is 0 Å². The highest BCUT2D eigenvalue weighted by Crippen LogP contribution is 2.29. The number of hydrogen-bond donors (Lipinski definition) is 0. The number of amides is 2. The molecule has 2 heterocycles. The molecule has 22 heavy (non-hydrogen) atoms. The van der Waals surface area contributed by atoms with Crippen molar-refractivity contribution in [2.24, 2.45) is 0 Å². The predicted octanol–water partition coefficient (Wildman–Crippen LogP) is 2.74. The highest BCUT2D eigenvalue weighted by Gasteiger charge is 2.38. The van der Waals surface area contributed by atoms with Gasteiger partial charge >= 0.3 is 0 Å². The fraction of sp³-hybridized carbons (Fsp3) is 0.0588. The summed E-state index contributed by atoms with van der Waals surface area (Å²) in [6, 6.07) is 14.2. The Balaban J connectivity index is 1.92. The fourth-order valence-electron chi connectivity index (χ4n) is 2.67. The number of benzene rings is 2. The molecule has 4 rings (SSSR count). The van der Waals surface area contributed by atoms with Gasteiger partial charge in [0.15, 0.2) is 5.82 Å². The Labute approximate surface area is 126 Å². The number of fused-ring (bicyclic) bond motifs is 2. The minimum absolute atomic E-state index is 0.296. The van der Waals surface area contributed by atoms with E-state index in [4.69, 9.17) is 0 Å². The van der Waals surface area contributed by atoms with Crippen LogP contribution in [-0.4, -0.2) is 21.8 Å². The predicted molar refractivity (Wildman–Crippen MR) is 81.9 cm³/mol. The highest BCUT2D eigenvalue weighted by atomic mass is 16.2. The maximum absolute atomic E-state index is 12.5. The molecule has 1 aliphatic heterocycles. The third-order valence-electron chi connectivity index (χ3n) is 3.73. The second kappa shape index (κ2) is 4.46. The third-order valence-corrected chi connectivity index (χ3v) is 3.73. The Morgan fingerprint density at radius 1 is 0.773 bits per heavy atom. The van der Waals surface area contributed by atoms with Gasteiger partial charge in [-0.05, 0) is 31.2 Å². The first kappa shape index (κ1) is 12.6. The number of para-hydroxylation sites is 2. The van der Waals surface area contributed by atoms with Gasteiger partial charge in [0.2, 0.25) is 0 Å². The van der Waals surface area contributed by atoms with Crippen LogP contribution in [0, 0.1) is 6.92 Å². The summed E-state index contributed by atoms with van der Waals surface area (Å²) in [5, 5.41) is 0. The summed E-state index contributed by atoms with van der Waals surface area (Å²) in [7, 11) is 0. The molecule has 0 saturated heterocycles. The Morgan fingerprint density at radius 2 is 1.27 bits per heavy atom. The first-order valence-electron chi connectivity index (χ1n) is 6.88. The van der Waals surface area contributed by atoms with Crippen LogP contribution in [0.5, 0.6) is 0 Å². The van der Waals surface area contributed by atoms with Gasteiger partial charge in [-0.1, -0.05) is 24.3 Å². The number of anilines is 1. The van der Waals surface area contributed by atoms with Crippen molar-refractivity contribution in [2.75, 3.05) is 4.90 Å². The Morgan fingerprint density at radius 3 is 1.86 bits per heavy atom.